The second kappa shape index (κ2) is 6.71. The van der Waals surface area contributed by atoms with Gasteiger partial charge in [-0.05, 0) is 24.5 Å². The van der Waals surface area contributed by atoms with Crippen molar-refractivity contribution in [1.82, 2.24) is 4.98 Å². The third-order valence-electron chi connectivity index (χ3n) is 3.77. The number of anilines is 1. The van der Waals surface area contributed by atoms with Gasteiger partial charge in [0.1, 0.15) is 0 Å². The molecule has 0 saturated heterocycles. The molecule has 0 unspecified atom stereocenters. The third-order valence-corrected chi connectivity index (χ3v) is 3.77. The lowest BCUT2D eigenvalue weighted by Crippen LogP contribution is -2.39. The Labute approximate surface area is 109 Å². The summed E-state index contributed by atoms with van der Waals surface area (Å²) in [5.41, 5.74) is 8.01. The molecule has 3 N–H and O–H groups in total. The van der Waals surface area contributed by atoms with E-state index in [9.17, 15) is 5.11 Å². The van der Waals surface area contributed by atoms with Gasteiger partial charge in [-0.2, -0.15) is 0 Å². The van der Waals surface area contributed by atoms with E-state index in [2.05, 4.69) is 9.88 Å². The number of aliphatic hydroxyl groups excluding tert-OH is 1. The van der Waals surface area contributed by atoms with Gasteiger partial charge in [0.15, 0.2) is 0 Å². The van der Waals surface area contributed by atoms with Crippen LogP contribution >= 0.6 is 0 Å². The maximum atomic E-state index is 9.30. The summed E-state index contributed by atoms with van der Waals surface area (Å²) in [5, 5.41) is 9.30. The monoisotopic (exact) mass is 249 g/mol. The van der Waals surface area contributed by atoms with Crippen LogP contribution in [0.2, 0.25) is 0 Å². The summed E-state index contributed by atoms with van der Waals surface area (Å²) in [4.78, 5) is 6.51. The molecule has 0 radical (unpaired) electrons. The lowest BCUT2D eigenvalue weighted by Gasteiger charge is -2.36. The fraction of sp³-hybridized carbons (Fsp3) is 0.643. The van der Waals surface area contributed by atoms with E-state index in [-0.39, 0.29) is 6.61 Å². The molecule has 4 heteroatoms. The predicted octanol–water partition coefficient (Wildman–Crippen LogP) is 1.67. The van der Waals surface area contributed by atoms with Crippen molar-refractivity contribution in [3.05, 3.63) is 24.0 Å². The molecule has 0 bridgehead atoms. The Kier molecular flexibility index (Phi) is 4.96. The van der Waals surface area contributed by atoms with Crippen molar-refractivity contribution in [1.29, 1.82) is 0 Å². The van der Waals surface area contributed by atoms with Crippen LogP contribution in [0.25, 0.3) is 0 Å². The van der Waals surface area contributed by atoms with E-state index in [1.807, 2.05) is 12.3 Å². The minimum Gasteiger partial charge on any atom is -0.395 e. The van der Waals surface area contributed by atoms with Crippen molar-refractivity contribution in [2.75, 3.05) is 18.1 Å². The zero-order valence-corrected chi connectivity index (χ0v) is 10.9. The minimum atomic E-state index is 0.176. The number of aliphatic hydroxyl groups is 1. The fourth-order valence-corrected chi connectivity index (χ4v) is 2.85. The summed E-state index contributed by atoms with van der Waals surface area (Å²) in [6.07, 6.45) is 9.98. The van der Waals surface area contributed by atoms with Crippen LogP contribution in [0.5, 0.6) is 0 Å². The smallest absolute Gasteiger partial charge is 0.0606 e. The van der Waals surface area contributed by atoms with Crippen LogP contribution in [0.4, 0.5) is 5.69 Å². The van der Waals surface area contributed by atoms with Gasteiger partial charge in [0.25, 0.3) is 0 Å². The van der Waals surface area contributed by atoms with Crippen LogP contribution in [-0.4, -0.2) is 29.3 Å². The highest BCUT2D eigenvalue weighted by molar-refractivity contribution is 5.52. The maximum absolute atomic E-state index is 9.30. The number of nitrogens with two attached hydrogens (primary N) is 1. The lowest BCUT2D eigenvalue weighted by molar-refractivity contribution is 0.290. The summed E-state index contributed by atoms with van der Waals surface area (Å²) in [7, 11) is 0. The third kappa shape index (κ3) is 3.00. The van der Waals surface area contributed by atoms with Gasteiger partial charge in [0.05, 0.1) is 18.5 Å². The number of hydrogen-bond acceptors (Lipinski definition) is 4. The van der Waals surface area contributed by atoms with Gasteiger partial charge in [-0.3, -0.25) is 4.98 Å². The molecule has 1 aromatic heterocycles. The van der Waals surface area contributed by atoms with Crippen LogP contribution in [0, 0.1) is 0 Å². The number of nitrogens with zero attached hydrogens (tertiary/aromatic N) is 2. The van der Waals surface area contributed by atoms with E-state index in [4.69, 9.17) is 5.73 Å². The van der Waals surface area contributed by atoms with Crippen LogP contribution in [0.15, 0.2) is 18.5 Å². The summed E-state index contributed by atoms with van der Waals surface area (Å²) in [6.45, 7) is 1.37. The van der Waals surface area contributed by atoms with Crippen LogP contribution in [0.3, 0.4) is 0 Å². The van der Waals surface area contributed by atoms with Crippen molar-refractivity contribution in [2.45, 2.75) is 44.7 Å². The van der Waals surface area contributed by atoms with E-state index >= 15 is 0 Å². The molecule has 1 aromatic rings. The van der Waals surface area contributed by atoms with Crippen LogP contribution < -0.4 is 10.6 Å². The van der Waals surface area contributed by atoms with Crippen molar-refractivity contribution in [2.24, 2.45) is 5.73 Å². The highest BCUT2D eigenvalue weighted by Crippen LogP contribution is 2.28. The Morgan fingerprint density at radius 3 is 2.78 bits per heavy atom. The molecule has 0 aromatic carbocycles. The normalized spacial score (nSPS) is 16.8. The minimum absolute atomic E-state index is 0.176. The van der Waals surface area contributed by atoms with Crippen molar-refractivity contribution in [3.8, 4) is 0 Å². The first-order valence-electron chi connectivity index (χ1n) is 6.87. The molecular formula is C14H23N3O. The zero-order valence-electron chi connectivity index (χ0n) is 10.9. The first-order valence-corrected chi connectivity index (χ1v) is 6.87. The van der Waals surface area contributed by atoms with E-state index in [0.717, 1.165) is 11.3 Å². The number of rotatable bonds is 5. The van der Waals surface area contributed by atoms with E-state index in [0.29, 0.717) is 19.1 Å². The lowest BCUT2D eigenvalue weighted by atomic mass is 9.93. The maximum Gasteiger partial charge on any atom is 0.0606 e. The van der Waals surface area contributed by atoms with Crippen molar-refractivity contribution >= 4 is 5.69 Å². The van der Waals surface area contributed by atoms with Gasteiger partial charge in [0.2, 0.25) is 0 Å². The highest BCUT2D eigenvalue weighted by atomic mass is 16.3. The first-order chi connectivity index (χ1) is 8.86. The second-order valence-corrected chi connectivity index (χ2v) is 4.92. The van der Waals surface area contributed by atoms with Crippen LogP contribution in [-0.2, 0) is 6.54 Å². The molecule has 1 heterocycles. The number of pyridine rings is 1. The molecule has 18 heavy (non-hydrogen) atoms. The van der Waals surface area contributed by atoms with Gasteiger partial charge in [-0.25, -0.2) is 0 Å². The van der Waals surface area contributed by atoms with Crippen LogP contribution in [0.1, 0.15) is 37.7 Å². The summed E-state index contributed by atoms with van der Waals surface area (Å²) < 4.78 is 0. The van der Waals surface area contributed by atoms with Gasteiger partial charge < -0.3 is 15.7 Å². The first kappa shape index (κ1) is 13.3. The molecule has 100 valence electrons. The SMILES string of the molecule is NCc1ccncc1N(CCO)C1CCCCC1. The zero-order chi connectivity index (χ0) is 12.8. The summed E-state index contributed by atoms with van der Waals surface area (Å²) >= 11 is 0. The van der Waals surface area contributed by atoms with Crippen molar-refractivity contribution in [3.63, 3.8) is 0 Å². The van der Waals surface area contributed by atoms with Crippen molar-refractivity contribution < 1.29 is 5.11 Å². The second-order valence-electron chi connectivity index (χ2n) is 4.92. The molecule has 2 rings (SSSR count). The average molecular weight is 249 g/mol. The fourth-order valence-electron chi connectivity index (χ4n) is 2.85. The molecule has 0 atom stereocenters. The molecule has 1 aliphatic rings. The molecular weight excluding hydrogens is 226 g/mol. The molecule has 0 amide bonds. The molecule has 0 spiro atoms. The Balaban J connectivity index is 2.22. The molecule has 1 aliphatic carbocycles. The standard InChI is InChI=1S/C14H23N3O/c15-10-12-6-7-16-11-14(12)17(8-9-18)13-4-2-1-3-5-13/h6-7,11,13,18H,1-5,8-10,15H2. The van der Waals surface area contributed by atoms with E-state index < -0.39 is 0 Å². The van der Waals surface area contributed by atoms with Gasteiger partial charge in [-0.15, -0.1) is 0 Å². The Morgan fingerprint density at radius 1 is 1.33 bits per heavy atom. The number of hydrogen-bond donors (Lipinski definition) is 2. The average Bonchev–Trinajstić information content (AvgIpc) is 2.46. The van der Waals surface area contributed by atoms with E-state index in [1.165, 1.54) is 32.1 Å². The number of aromatic nitrogens is 1. The molecule has 4 nitrogen and oxygen atoms in total. The molecule has 1 saturated carbocycles. The van der Waals surface area contributed by atoms with E-state index in [1.54, 1.807) is 6.20 Å². The highest BCUT2D eigenvalue weighted by Gasteiger charge is 2.22. The molecule has 0 aliphatic heterocycles. The predicted molar refractivity (Wildman–Crippen MR) is 73.4 cm³/mol. The Morgan fingerprint density at radius 2 is 2.11 bits per heavy atom. The van der Waals surface area contributed by atoms with Gasteiger partial charge >= 0.3 is 0 Å². The summed E-state index contributed by atoms with van der Waals surface area (Å²) in [5.74, 6) is 0. The Hall–Kier alpha value is -1.13. The largest absolute Gasteiger partial charge is 0.395 e. The Bertz CT molecular complexity index is 364. The molecule has 1 fully saturated rings. The quantitative estimate of drug-likeness (QED) is 0.833. The summed E-state index contributed by atoms with van der Waals surface area (Å²) in [6, 6.07) is 2.50. The topological polar surface area (TPSA) is 62.4 Å². The van der Waals surface area contributed by atoms with Gasteiger partial charge in [-0.1, -0.05) is 19.3 Å². The van der Waals surface area contributed by atoms with Gasteiger partial charge in [0, 0.05) is 25.3 Å².